The van der Waals surface area contributed by atoms with Crippen LogP contribution in [0.3, 0.4) is 0 Å². The zero-order valence-electron chi connectivity index (χ0n) is 14.7. The Morgan fingerprint density at radius 2 is 1.77 bits per heavy atom. The average Bonchev–Trinajstić information content (AvgIpc) is 2.67. The molecule has 2 aromatic carbocycles. The van der Waals surface area contributed by atoms with Gasteiger partial charge in [-0.3, -0.25) is 9.59 Å². The van der Waals surface area contributed by atoms with Crippen molar-refractivity contribution in [3.63, 3.8) is 0 Å². The highest BCUT2D eigenvalue weighted by Crippen LogP contribution is 2.12. The van der Waals surface area contributed by atoms with E-state index in [2.05, 4.69) is 10.3 Å². The Kier molecular flexibility index (Phi) is 5.31. The van der Waals surface area contributed by atoms with Crippen LogP contribution in [0, 0.1) is 5.92 Å². The molecule has 0 saturated heterocycles. The van der Waals surface area contributed by atoms with Gasteiger partial charge >= 0.3 is 0 Å². The molecule has 6 nitrogen and oxygen atoms in total. The first kappa shape index (κ1) is 17.7. The maximum absolute atomic E-state index is 12.2. The smallest absolute Gasteiger partial charge is 0.253 e. The summed E-state index contributed by atoms with van der Waals surface area (Å²) in [5.41, 5.74) is 0.548. The minimum absolute atomic E-state index is 0.182. The van der Waals surface area contributed by atoms with Crippen molar-refractivity contribution in [3.8, 4) is 11.5 Å². The van der Waals surface area contributed by atoms with Crippen LogP contribution in [0.4, 0.5) is 0 Å². The Hall–Kier alpha value is -3.15. The molecule has 6 heteroatoms. The minimum atomic E-state index is -0.341. The van der Waals surface area contributed by atoms with E-state index >= 15 is 0 Å². The molecule has 134 valence electrons. The van der Waals surface area contributed by atoms with E-state index in [1.165, 1.54) is 0 Å². The van der Waals surface area contributed by atoms with Gasteiger partial charge in [-0.15, -0.1) is 0 Å². The molecular formula is C20H20N2O4. The SMILES string of the molecule is COc1ccc(C(=O)NCCC2C=c3ccc(OC)cc3=NC2=O)cc1. The zero-order chi connectivity index (χ0) is 18.5. The van der Waals surface area contributed by atoms with E-state index in [0.717, 1.165) is 5.22 Å². The van der Waals surface area contributed by atoms with Gasteiger partial charge in [-0.1, -0.05) is 6.08 Å². The van der Waals surface area contributed by atoms with Crippen LogP contribution in [-0.2, 0) is 4.79 Å². The molecule has 0 spiro atoms. The van der Waals surface area contributed by atoms with Crippen LogP contribution in [0.15, 0.2) is 47.5 Å². The molecule has 0 radical (unpaired) electrons. The van der Waals surface area contributed by atoms with Crippen LogP contribution in [0.5, 0.6) is 11.5 Å². The van der Waals surface area contributed by atoms with Gasteiger partial charge in [0.15, 0.2) is 0 Å². The van der Waals surface area contributed by atoms with E-state index < -0.39 is 0 Å². The molecule has 0 aromatic heterocycles. The van der Waals surface area contributed by atoms with Gasteiger partial charge in [-0.25, -0.2) is 4.99 Å². The van der Waals surface area contributed by atoms with E-state index in [9.17, 15) is 9.59 Å². The summed E-state index contributed by atoms with van der Waals surface area (Å²) in [5, 5.41) is 4.35. The van der Waals surface area contributed by atoms with E-state index in [1.807, 2.05) is 18.2 Å². The summed E-state index contributed by atoms with van der Waals surface area (Å²) in [6.45, 7) is 0.388. The molecule has 2 aromatic rings. The van der Waals surface area contributed by atoms with E-state index in [4.69, 9.17) is 9.47 Å². The highest BCUT2D eigenvalue weighted by molar-refractivity contribution is 5.94. The summed E-state index contributed by atoms with van der Waals surface area (Å²) in [6.07, 6.45) is 2.39. The molecule has 0 aliphatic carbocycles. The number of amides is 2. The van der Waals surface area contributed by atoms with Gasteiger partial charge < -0.3 is 14.8 Å². The van der Waals surface area contributed by atoms with Gasteiger partial charge in [0.2, 0.25) is 0 Å². The number of hydrogen-bond acceptors (Lipinski definition) is 4. The topological polar surface area (TPSA) is 77.0 Å². The molecule has 2 amide bonds. The summed E-state index contributed by atoms with van der Waals surface area (Å²) in [4.78, 5) is 28.5. The number of carbonyl (C=O) groups excluding carboxylic acids is 2. The lowest BCUT2D eigenvalue weighted by Gasteiger charge is -2.13. The highest BCUT2D eigenvalue weighted by atomic mass is 16.5. The normalized spacial score (nSPS) is 15.3. The third kappa shape index (κ3) is 3.91. The lowest BCUT2D eigenvalue weighted by Crippen LogP contribution is -2.35. The Morgan fingerprint density at radius 3 is 2.46 bits per heavy atom. The second kappa shape index (κ2) is 7.82. The molecule has 0 bridgehead atoms. The molecule has 1 N–H and O–H groups in total. The average molecular weight is 352 g/mol. The highest BCUT2D eigenvalue weighted by Gasteiger charge is 2.18. The molecule has 26 heavy (non-hydrogen) atoms. The fraction of sp³-hybridized carbons (Fsp3) is 0.250. The van der Waals surface area contributed by atoms with Gasteiger partial charge in [0.25, 0.3) is 11.8 Å². The molecular weight excluding hydrogens is 332 g/mol. The standard InChI is InChI=1S/C20H20N2O4/c1-25-16-6-3-13(4-7-16)19(23)21-10-9-15-11-14-5-8-17(26-2)12-18(14)22-20(15)24/h3-8,11-12,15H,9-10H2,1-2H3,(H,21,23). The molecule has 1 atom stereocenters. The van der Waals surface area contributed by atoms with Crippen LogP contribution in [0.1, 0.15) is 16.8 Å². The lowest BCUT2D eigenvalue weighted by atomic mass is 10.00. The van der Waals surface area contributed by atoms with Crippen molar-refractivity contribution in [2.45, 2.75) is 6.42 Å². The predicted octanol–water partition coefficient (Wildman–Crippen LogP) is 1.08. The van der Waals surface area contributed by atoms with Crippen molar-refractivity contribution in [2.75, 3.05) is 20.8 Å². The number of hydrogen-bond donors (Lipinski definition) is 1. The summed E-state index contributed by atoms with van der Waals surface area (Å²) in [7, 11) is 3.15. The van der Waals surface area contributed by atoms with E-state index in [-0.39, 0.29) is 17.7 Å². The number of nitrogens with zero attached hydrogens (tertiary/aromatic N) is 1. The largest absolute Gasteiger partial charge is 0.497 e. The van der Waals surface area contributed by atoms with Crippen molar-refractivity contribution in [1.29, 1.82) is 0 Å². The molecule has 0 saturated carbocycles. The third-order valence-corrected chi connectivity index (χ3v) is 4.26. The van der Waals surface area contributed by atoms with Crippen LogP contribution in [-0.4, -0.2) is 32.6 Å². The van der Waals surface area contributed by atoms with Crippen molar-refractivity contribution in [3.05, 3.63) is 58.6 Å². The number of fused-ring (bicyclic) bond motifs is 1. The molecule has 1 aliphatic heterocycles. The quantitative estimate of drug-likeness (QED) is 0.844. The number of ether oxygens (including phenoxy) is 2. The van der Waals surface area contributed by atoms with Crippen LogP contribution in [0.25, 0.3) is 6.08 Å². The number of carbonyl (C=O) groups is 2. The summed E-state index contributed by atoms with van der Waals surface area (Å²) >= 11 is 0. The maximum Gasteiger partial charge on any atom is 0.253 e. The molecule has 0 fully saturated rings. The fourth-order valence-corrected chi connectivity index (χ4v) is 2.77. The number of benzene rings is 2. The summed E-state index contributed by atoms with van der Waals surface area (Å²) in [5.74, 6) is 0.634. The van der Waals surface area contributed by atoms with Crippen molar-refractivity contribution >= 4 is 17.9 Å². The first-order chi connectivity index (χ1) is 12.6. The van der Waals surface area contributed by atoms with Crippen LogP contribution >= 0.6 is 0 Å². The first-order valence-corrected chi connectivity index (χ1v) is 8.31. The molecule has 1 aliphatic rings. The van der Waals surface area contributed by atoms with Gasteiger partial charge in [0.1, 0.15) is 11.5 Å². The Bertz CT molecular complexity index is 935. The minimum Gasteiger partial charge on any atom is -0.497 e. The Morgan fingerprint density at radius 1 is 1.08 bits per heavy atom. The van der Waals surface area contributed by atoms with Crippen molar-refractivity contribution in [1.82, 2.24) is 5.32 Å². The van der Waals surface area contributed by atoms with Crippen molar-refractivity contribution < 1.29 is 19.1 Å². The Labute approximate surface area is 151 Å². The first-order valence-electron chi connectivity index (χ1n) is 8.31. The van der Waals surface area contributed by atoms with E-state index in [0.29, 0.717) is 35.4 Å². The lowest BCUT2D eigenvalue weighted by molar-refractivity contribution is -0.120. The zero-order valence-corrected chi connectivity index (χ0v) is 14.7. The number of nitrogens with one attached hydrogen (secondary N) is 1. The van der Waals surface area contributed by atoms with Crippen molar-refractivity contribution in [2.24, 2.45) is 10.9 Å². The Balaban J connectivity index is 1.61. The summed E-state index contributed by atoms with van der Waals surface area (Å²) in [6, 6.07) is 12.3. The molecule has 1 unspecified atom stereocenters. The van der Waals surface area contributed by atoms with Crippen LogP contribution < -0.4 is 25.4 Å². The second-order valence-corrected chi connectivity index (χ2v) is 5.92. The van der Waals surface area contributed by atoms with Gasteiger partial charge in [0.05, 0.1) is 25.5 Å². The fourth-order valence-electron chi connectivity index (χ4n) is 2.77. The van der Waals surface area contributed by atoms with Gasteiger partial charge in [0, 0.05) is 18.2 Å². The third-order valence-electron chi connectivity index (χ3n) is 4.26. The number of rotatable bonds is 6. The molecule has 3 rings (SSSR count). The van der Waals surface area contributed by atoms with Gasteiger partial charge in [-0.05, 0) is 48.0 Å². The van der Waals surface area contributed by atoms with E-state index in [1.54, 1.807) is 44.6 Å². The summed E-state index contributed by atoms with van der Waals surface area (Å²) < 4.78 is 10.2. The second-order valence-electron chi connectivity index (χ2n) is 5.92. The monoisotopic (exact) mass is 352 g/mol. The predicted molar refractivity (Wildman–Crippen MR) is 96.7 cm³/mol. The van der Waals surface area contributed by atoms with Gasteiger partial charge in [-0.2, -0.15) is 0 Å². The number of methoxy groups -OCH3 is 2. The maximum atomic E-state index is 12.2. The van der Waals surface area contributed by atoms with Crippen LogP contribution in [0.2, 0.25) is 0 Å². The molecule has 1 heterocycles.